The van der Waals surface area contributed by atoms with Gasteiger partial charge < -0.3 is 25.4 Å². The fourth-order valence-corrected chi connectivity index (χ4v) is 2.44. The molecule has 3 heterocycles. The second-order valence-corrected chi connectivity index (χ2v) is 4.52. The number of hydrogen-bond donors (Lipinski definition) is 3. The van der Waals surface area contributed by atoms with Gasteiger partial charge in [0.1, 0.15) is 30.2 Å². The van der Waals surface area contributed by atoms with Gasteiger partial charge in [-0.1, -0.05) is 0 Å². The predicted molar refractivity (Wildman–Crippen MR) is 67.5 cm³/mol. The number of aromatic nitrogens is 4. The summed E-state index contributed by atoms with van der Waals surface area (Å²) < 4.78 is 12.3. The van der Waals surface area contributed by atoms with E-state index in [9.17, 15) is 10.2 Å². The zero-order chi connectivity index (χ0) is 14.3. The van der Waals surface area contributed by atoms with E-state index in [1.54, 1.807) is 4.57 Å². The number of rotatable bonds is 3. The molecule has 1 aliphatic heterocycles. The minimum atomic E-state index is -0.953. The van der Waals surface area contributed by atoms with Crippen LogP contribution in [0.25, 0.3) is 11.2 Å². The fourth-order valence-electron chi connectivity index (χ4n) is 2.44. The molecule has 0 bridgehead atoms. The van der Waals surface area contributed by atoms with Crippen LogP contribution in [0.4, 0.5) is 5.82 Å². The third kappa shape index (κ3) is 1.83. The summed E-state index contributed by atoms with van der Waals surface area (Å²) in [5.41, 5.74) is 6.60. The molecule has 9 heteroatoms. The Morgan fingerprint density at radius 2 is 2.25 bits per heavy atom. The molecule has 0 amide bonds. The van der Waals surface area contributed by atoms with Gasteiger partial charge in [-0.15, -0.1) is 0 Å². The Morgan fingerprint density at radius 3 is 2.90 bits per heavy atom. The van der Waals surface area contributed by atoms with Crippen molar-refractivity contribution in [3.8, 4) is 0 Å². The molecule has 0 aromatic carbocycles. The largest absolute Gasteiger partial charge is 0.394 e. The Bertz CT molecular complexity index is 618. The van der Waals surface area contributed by atoms with E-state index in [0.29, 0.717) is 11.2 Å². The molecule has 1 unspecified atom stereocenters. The maximum absolute atomic E-state index is 10.3. The first-order valence-corrected chi connectivity index (χ1v) is 6.07. The molecule has 0 radical (unpaired) electrons. The van der Waals surface area contributed by atoms with Crippen LogP contribution >= 0.6 is 0 Å². The molecule has 9 nitrogen and oxygen atoms in total. The van der Waals surface area contributed by atoms with Crippen molar-refractivity contribution >= 4 is 17.0 Å². The van der Waals surface area contributed by atoms with Gasteiger partial charge in [-0.2, -0.15) is 0 Å². The maximum atomic E-state index is 10.3. The van der Waals surface area contributed by atoms with Gasteiger partial charge in [0.25, 0.3) is 0 Å². The summed E-state index contributed by atoms with van der Waals surface area (Å²) in [7, 11) is 1.45. The number of aliphatic hydroxyl groups excluding tert-OH is 2. The standard InChI is InChI=1S/C11H15N5O4/c1-19-8-5(2-17)20-11(7(8)18)16-4-15-6-9(12)13-3-14-10(6)16/h3-5,7-8,11,17-18H,2H2,1H3,(H2,12,13,14)/t5-,7?,8+,11-/m1/s1. The molecule has 1 saturated heterocycles. The lowest BCUT2D eigenvalue weighted by Crippen LogP contribution is -2.35. The van der Waals surface area contributed by atoms with Gasteiger partial charge >= 0.3 is 0 Å². The molecule has 3 rings (SSSR count). The van der Waals surface area contributed by atoms with Crippen LogP contribution in [0.1, 0.15) is 6.23 Å². The molecule has 2 aromatic heterocycles. The van der Waals surface area contributed by atoms with Crippen molar-refractivity contribution in [2.75, 3.05) is 19.5 Å². The molecule has 2 aromatic rings. The lowest BCUT2D eigenvalue weighted by Gasteiger charge is -2.17. The first-order valence-electron chi connectivity index (χ1n) is 6.07. The molecule has 0 spiro atoms. The summed E-state index contributed by atoms with van der Waals surface area (Å²) in [6, 6.07) is 0. The Hall–Kier alpha value is -1.81. The number of methoxy groups -OCH3 is 1. The third-order valence-electron chi connectivity index (χ3n) is 3.42. The van der Waals surface area contributed by atoms with E-state index >= 15 is 0 Å². The zero-order valence-corrected chi connectivity index (χ0v) is 10.7. The molecule has 0 aliphatic carbocycles. The molecular weight excluding hydrogens is 266 g/mol. The van der Waals surface area contributed by atoms with E-state index in [1.807, 2.05) is 0 Å². The van der Waals surface area contributed by atoms with Crippen molar-refractivity contribution in [1.82, 2.24) is 19.5 Å². The number of imidazole rings is 1. The zero-order valence-electron chi connectivity index (χ0n) is 10.7. The summed E-state index contributed by atoms with van der Waals surface area (Å²) in [6.45, 7) is -0.254. The molecule has 108 valence electrons. The predicted octanol–water partition coefficient (Wildman–Crippen LogP) is -1.33. The van der Waals surface area contributed by atoms with Crippen molar-refractivity contribution < 1.29 is 19.7 Å². The van der Waals surface area contributed by atoms with Gasteiger partial charge in [0.2, 0.25) is 0 Å². The van der Waals surface area contributed by atoms with E-state index in [4.69, 9.17) is 15.2 Å². The second-order valence-electron chi connectivity index (χ2n) is 4.52. The number of fused-ring (bicyclic) bond motifs is 1. The fraction of sp³-hybridized carbons (Fsp3) is 0.545. The number of anilines is 1. The topological polar surface area (TPSA) is 129 Å². The van der Waals surface area contributed by atoms with Crippen LogP contribution in [-0.4, -0.2) is 61.8 Å². The summed E-state index contributed by atoms with van der Waals surface area (Å²) in [5, 5.41) is 19.5. The van der Waals surface area contributed by atoms with Crippen LogP contribution < -0.4 is 5.73 Å². The Morgan fingerprint density at radius 1 is 1.45 bits per heavy atom. The summed E-state index contributed by atoms with van der Waals surface area (Å²) in [4.78, 5) is 12.1. The van der Waals surface area contributed by atoms with Crippen molar-refractivity contribution in [1.29, 1.82) is 0 Å². The van der Waals surface area contributed by atoms with Crippen LogP contribution in [0.3, 0.4) is 0 Å². The SMILES string of the molecule is CO[C@@H]1C(O)[C@H](n2cnc3c(N)ncnc32)O[C@@H]1CO. The van der Waals surface area contributed by atoms with Crippen LogP contribution in [0, 0.1) is 0 Å². The van der Waals surface area contributed by atoms with Gasteiger partial charge in [-0.05, 0) is 0 Å². The first-order chi connectivity index (χ1) is 9.67. The normalized spacial score (nSPS) is 30.1. The van der Waals surface area contributed by atoms with Gasteiger partial charge in [0.15, 0.2) is 17.7 Å². The molecule has 0 saturated carbocycles. The first kappa shape index (κ1) is 13.2. The van der Waals surface area contributed by atoms with Crippen molar-refractivity contribution in [3.63, 3.8) is 0 Å². The second kappa shape index (κ2) is 4.94. The van der Waals surface area contributed by atoms with E-state index in [2.05, 4.69) is 15.0 Å². The Kier molecular flexibility index (Phi) is 3.26. The highest BCUT2D eigenvalue weighted by molar-refractivity contribution is 5.81. The average molecular weight is 281 g/mol. The van der Waals surface area contributed by atoms with Crippen molar-refractivity contribution in [3.05, 3.63) is 12.7 Å². The average Bonchev–Trinajstić information content (AvgIpc) is 3.00. The van der Waals surface area contributed by atoms with Crippen molar-refractivity contribution in [2.45, 2.75) is 24.5 Å². The number of hydrogen-bond acceptors (Lipinski definition) is 8. The summed E-state index contributed by atoms with van der Waals surface area (Å²) >= 11 is 0. The molecule has 20 heavy (non-hydrogen) atoms. The molecular formula is C11H15N5O4. The molecule has 1 fully saturated rings. The van der Waals surface area contributed by atoms with E-state index in [1.165, 1.54) is 19.8 Å². The quantitative estimate of drug-likeness (QED) is 0.631. The highest BCUT2D eigenvalue weighted by atomic mass is 16.6. The highest BCUT2D eigenvalue weighted by Gasteiger charge is 2.45. The van der Waals surface area contributed by atoms with Gasteiger partial charge in [-0.25, -0.2) is 15.0 Å². The monoisotopic (exact) mass is 281 g/mol. The van der Waals surface area contributed by atoms with Gasteiger partial charge in [0.05, 0.1) is 12.9 Å². The summed E-state index contributed by atoms with van der Waals surface area (Å²) in [6.07, 6.45) is -0.162. The number of ether oxygens (including phenoxy) is 2. The minimum Gasteiger partial charge on any atom is -0.394 e. The Labute approximate surface area is 114 Å². The molecule has 1 aliphatic rings. The number of nitrogens with zero attached hydrogens (tertiary/aromatic N) is 4. The van der Waals surface area contributed by atoms with Crippen LogP contribution in [-0.2, 0) is 9.47 Å². The smallest absolute Gasteiger partial charge is 0.167 e. The van der Waals surface area contributed by atoms with Crippen molar-refractivity contribution in [2.24, 2.45) is 0 Å². The van der Waals surface area contributed by atoms with E-state index < -0.39 is 24.5 Å². The lowest BCUT2D eigenvalue weighted by molar-refractivity contribution is -0.0535. The number of nitrogen functional groups attached to an aromatic ring is 1. The van der Waals surface area contributed by atoms with E-state index in [-0.39, 0.29) is 12.4 Å². The maximum Gasteiger partial charge on any atom is 0.167 e. The van der Waals surface area contributed by atoms with E-state index in [0.717, 1.165) is 0 Å². The third-order valence-corrected chi connectivity index (χ3v) is 3.42. The van der Waals surface area contributed by atoms with Crippen LogP contribution in [0.15, 0.2) is 12.7 Å². The summed E-state index contributed by atoms with van der Waals surface area (Å²) in [5.74, 6) is 0.253. The van der Waals surface area contributed by atoms with Crippen LogP contribution in [0.5, 0.6) is 0 Å². The number of nitrogens with two attached hydrogens (primary N) is 1. The van der Waals surface area contributed by atoms with Gasteiger partial charge in [0, 0.05) is 7.11 Å². The molecule has 4 atom stereocenters. The highest BCUT2D eigenvalue weighted by Crippen LogP contribution is 2.32. The van der Waals surface area contributed by atoms with Crippen LogP contribution in [0.2, 0.25) is 0 Å². The molecule has 4 N–H and O–H groups in total. The Balaban J connectivity index is 2.01. The lowest BCUT2D eigenvalue weighted by atomic mass is 10.1. The minimum absolute atomic E-state index is 0.253. The van der Waals surface area contributed by atoms with Gasteiger partial charge in [-0.3, -0.25) is 4.57 Å². The number of aliphatic hydroxyl groups is 2.